The van der Waals surface area contributed by atoms with Gasteiger partial charge in [0.1, 0.15) is 0 Å². The third kappa shape index (κ3) is 3.92. The predicted octanol–water partition coefficient (Wildman–Crippen LogP) is 2.70. The lowest BCUT2D eigenvalue weighted by atomic mass is 9.73. The zero-order valence-corrected chi connectivity index (χ0v) is 17.5. The molecule has 2 fully saturated rings. The molecule has 0 atom stereocenters. The smallest absolute Gasteiger partial charge is 0.314 e. The Morgan fingerprint density at radius 3 is 2.00 bits per heavy atom. The molecule has 0 radical (unpaired) electrons. The number of carboxylic acid groups (broad SMARTS) is 1. The molecule has 2 aliphatic heterocycles. The van der Waals surface area contributed by atoms with E-state index < -0.39 is 11.4 Å². The van der Waals surface area contributed by atoms with E-state index >= 15 is 0 Å². The van der Waals surface area contributed by atoms with Crippen molar-refractivity contribution in [1.29, 1.82) is 0 Å². The van der Waals surface area contributed by atoms with Crippen LogP contribution in [0.1, 0.15) is 28.8 Å². The number of anilines is 1. The van der Waals surface area contributed by atoms with Gasteiger partial charge in [0.15, 0.2) is 0 Å². The quantitative estimate of drug-likeness (QED) is 0.844. The zero-order chi connectivity index (χ0) is 21.1. The molecular formula is C24H29N3O3. The second-order valence-electron chi connectivity index (χ2n) is 8.38. The first-order valence-electron chi connectivity index (χ1n) is 10.6. The minimum Gasteiger partial charge on any atom is -0.481 e. The van der Waals surface area contributed by atoms with Crippen LogP contribution in [0.15, 0.2) is 54.6 Å². The fourth-order valence-corrected chi connectivity index (χ4v) is 4.54. The average molecular weight is 408 g/mol. The van der Waals surface area contributed by atoms with Crippen LogP contribution in [0, 0.1) is 0 Å². The van der Waals surface area contributed by atoms with Crippen LogP contribution in [0.5, 0.6) is 0 Å². The van der Waals surface area contributed by atoms with E-state index in [2.05, 4.69) is 16.8 Å². The SMILES string of the molecule is CN1CCN(c2ccc(C(=O)N3CCC(C(=O)O)(c4ccccc4)CC3)cc2)CC1. The maximum Gasteiger partial charge on any atom is 0.314 e. The van der Waals surface area contributed by atoms with Gasteiger partial charge >= 0.3 is 5.97 Å². The second kappa shape index (κ2) is 8.48. The fraction of sp³-hybridized carbons (Fsp3) is 0.417. The molecule has 1 N–H and O–H groups in total. The van der Waals surface area contributed by atoms with E-state index in [1.165, 1.54) is 0 Å². The second-order valence-corrected chi connectivity index (χ2v) is 8.38. The standard InChI is InChI=1S/C24H29N3O3/c1-25-15-17-26(18-16-25)21-9-7-19(8-10-21)22(28)27-13-11-24(12-14-27,23(29)30)20-5-3-2-4-6-20/h2-10H,11-18H2,1H3,(H,29,30). The molecule has 2 aromatic carbocycles. The van der Waals surface area contributed by atoms with Crippen molar-refractivity contribution in [1.82, 2.24) is 9.80 Å². The Balaban J connectivity index is 1.42. The molecule has 0 bridgehead atoms. The van der Waals surface area contributed by atoms with E-state index in [4.69, 9.17) is 0 Å². The number of piperazine rings is 1. The van der Waals surface area contributed by atoms with Crippen molar-refractivity contribution in [2.24, 2.45) is 0 Å². The molecule has 4 rings (SSSR count). The first-order valence-corrected chi connectivity index (χ1v) is 10.6. The molecule has 0 aromatic heterocycles. The van der Waals surface area contributed by atoms with Gasteiger partial charge in [-0.1, -0.05) is 30.3 Å². The van der Waals surface area contributed by atoms with Crippen LogP contribution in [0.4, 0.5) is 5.69 Å². The molecule has 2 aromatic rings. The highest BCUT2D eigenvalue weighted by Gasteiger charge is 2.43. The van der Waals surface area contributed by atoms with E-state index in [9.17, 15) is 14.7 Å². The van der Waals surface area contributed by atoms with Crippen molar-refractivity contribution in [3.8, 4) is 0 Å². The van der Waals surface area contributed by atoms with Crippen molar-refractivity contribution in [2.45, 2.75) is 18.3 Å². The highest BCUT2D eigenvalue weighted by molar-refractivity contribution is 5.95. The van der Waals surface area contributed by atoms with Gasteiger partial charge in [-0.3, -0.25) is 9.59 Å². The number of nitrogens with zero attached hydrogens (tertiary/aromatic N) is 3. The molecule has 0 unspecified atom stereocenters. The number of amides is 1. The minimum atomic E-state index is -0.913. The molecule has 6 nitrogen and oxygen atoms in total. The molecule has 158 valence electrons. The summed E-state index contributed by atoms with van der Waals surface area (Å²) in [6.07, 6.45) is 0.856. The summed E-state index contributed by atoms with van der Waals surface area (Å²) in [6, 6.07) is 17.2. The molecular weight excluding hydrogens is 378 g/mol. The number of likely N-dealkylation sites (tertiary alicyclic amines) is 1. The van der Waals surface area contributed by atoms with Gasteiger partial charge in [-0.15, -0.1) is 0 Å². The molecule has 0 aliphatic carbocycles. The normalized spacial score (nSPS) is 19.5. The lowest BCUT2D eigenvalue weighted by Gasteiger charge is -2.39. The van der Waals surface area contributed by atoms with Crippen molar-refractivity contribution in [3.63, 3.8) is 0 Å². The van der Waals surface area contributed by atoms with Gasteiger partial charge in [0.2, 0.25) is 0 Å². The molecule has 6 heteroatoms. The maximum atomic E-state index is 13.0. The lowest BCUT2D eigenvalue weighted by molar-refractivity contribution is -0.145. The zero-order valence-electron chi connectivity index (χ0n) is 17.5. The van der Waals surface area contributed by atoms with Crippen LogP contribution in [0.2, 0.25) is 0 Å². The highest BCUT2D eigenvalue weighted by Crippen LogP contribution is 2.36. The maximum absolute atomic E-state index is 13.0. The largest absolute Gasteiger partial charge is 0.481 e. The van der Waals surface area contributed by atoms with Gasteiger partial charge in [-0.05, 0) is 49.7 Å². The van der Waals surface area contributed by atoms with E-state index in [1.54, 1.807) is 4.90 Å². The van der Waals surface area contributed by atoms with Gasteiger partial charge in [-0.25, -0.2) is 0 Å². The van der Waals surface area contributed by atoms with Gasteiger partial charge in [-0.2, -0.15) is 0 Å². The number of aliphatic carboxylic acids is 1. The molecule has 0 spiro atoms. The molecule has 0 saturated carbocycles. The van der Waals surface area contributed by atoms with Crippen LogP contribution < -0.4 is 4.90 Å². The topological polar surface area (TPSA) is 64.1 Å². The number of carbonyl (C=O) groups excluding carboxylic acids is 1. The number of likely N-dealkylation sites (N-methyl/N-ethyl adjacent to an activating group) is 1. The Bertz CT molecular complexity index is 882. The number of hydrogen-bond donors (Lipinski definition) is 1. The summed E-state index contributed by atoms with van der Waals surface area (Å²) in [6.45, 7) is 4.96. The number of hydrogen-bond acceptors (Lipinski definition) is 4. The highest BCUT2D eigenvalue weighted by atomic mass is 16.4. The summed E-state index contributed by atoms with van der Waals surface area (Å²) < 4.78 is 0. The lowest BCUT2D eigenvalue weighted by Crippen LogP contribution is -2.49. The fourth-order valence-electron chi connectivity index (χ4n) is 4.54. The van der Waals surface area contributed by atoms with Crippen LogP contribution in [0.3, 0.4) is 0 Å². The molecule has 2 aliphatic rings. The molecule has 30 heavy (non-hydrogen) atoms. The molecule has 2 saturated heterocycles. The molecule has 2 heterocycles. The summed E-state index contributed by atoms with van der Waals surface area (Å²) in [4.78, 5) is 31.6. The van der Waals surface area contributed by atoms with E-state index in [0.29, 0.717) is 31.5 Å². The summed E-state index contributed by atoms with van der Waals surface area (Å²) >= 11 is 0. The molecule has 1 amide bonds. The van der Waals surface area contributed by atoms with Crippen molar-refractivity contribution >= 4 is 17.6 Å². The number of carboxylic acids is 1. The summed E-state index contributed by atoms with van der Waals surface area (Å²) in [5.74, 6) is -0.829. The predicted molar refractivity (Wildman–Crippen MR) is 117 cm³/mol. The van der Waals surface area contributed by atoms with Crippen LogP contribution >= 0.6 is 0 Å². The van der Waals surface area contributed by atoms with E-state index in [1.807, 2.05) is 54.6 Å². The Hall–Kier alpha value is -2.86. The van der Waals surface area contributed by atoms with Crippen LogP contribution in [0.25, 0.3) is 0 Å². The van der Waals surface area contributed by atoms with E-state index in [0.717, 1.165) is 37.4 Å². The minimum absolute atomic E-state index is 0.0213. The van der Waals surface area contributed by atoms with Crippen molar-refractivity contribution in [2.75, 3.05) is 51.2 Å². The van der Waals surface area contributed by atoms with Gasteiger partial charge in [0.25, 0.3) is 5.91 Å². The Labute approximate surface area is 177 Å². The number of carbonyl (C=O) groups is 2. The van der Waals surface area contributed by atoms with Crippen molar-refractivity contribution < 1.29 is 14.7 Å². The number of piperidine rings is 1. The van der Waals surface area contributed by atoms with Crippen LogP contribution in [-0.2, 0) is 10.2 Å². The Kier molecular flexibility index (Phi) is 5.77. The number of benzene rings is 2. The van der Waals surface area contributed by atoms with Crippen molar-refractivity contribution in [3.05, 3.63) is 65.7 Å². The Morgan fingerprint density at radius 2 is 1.43 bits per heavy atom. The summed E-state index contributed by atoms with van der Waals surface area (Å²) in [5, 5.41) is 9.94. The van der Waals surface area contributed by atoms with Gasteiger partial charge in [0.05, 0.1) is 5.41 Å². The van der Waals surface area contributed by atoms with Crippen LogP contribution in [-0.4, -0.2) is 73.1 Å². The number of rotatable bonds is 4. The monoisotopic (exact) mass is 407 g/mol. The Morgan fingerprint density at radius 1 is 0.833 bits per heavy atom. The first-order chi connectivity index (χ1) is 14.5. The van der Waals surface area contributed by atoms with E-state index in [-0.39, 0.29) is 5.91 Å². The van der Waals surface area contributed by atoms with Gasteiger partial charge < -0.3 is 19.8 Å². The third-order valence-electron chi connectivity index (χ3n) is 6.62. The average Bonchev–Trinajstić information content (AvgIpc) is 2.80. The first kappa shape index (κ1) is 20.4. The van der Waals surface area contributed by atoms with Gasteiger partial charge in [0, 0.05) is 50.5 Å². The summed E-state index contributed by atoms with van der Waals surface area (Å²) in [7, 11) is 2.13. The summed E-state index contributed by atoms with van der Waals surface area (Å²) in [5.41, 5.74) is 1.72. The third-order valence-corrected chi connectivity index (χ3v) is 6.62.